The Morgan fingerprint density at radius 1 is 1.14 bits per heavy atom. The first kappa shape index (κ1) is 28.0. The normalized spacial score (nSPS) is 39.6. The molecule has 1 saturated heterocycles. The number of cyclic esters (lactones) is 1. The predicted octanol–water partition coefficient (Wildman–Crippen LogP) is 4.11. The van der Waals surface area contributed by atoms with Gasteiger partial charge in [0, 0.05) is 12.5 Å². The fraction of sp³-hybridized carbons (Fsp3) is 0.633. The number of hydrogen-bond donors (Lipinski definition) is 2. The van der Waals surface area contributed by atoms with Gasteiger partial charge in [0.05, 0.1) is 37.1 Å². The molecule has 4 aliphatic heterocycles. The van der Waals surface area contributed by atoms with Crippen LogP contribution in [0.2, 0.25) is 0 Å². The molecule has 1 unspecified atom stereocenters. The number of aliphatic hydroxyl groups is 2. The van der Waals surface area contributed by atoms with Crippen LogP contribution in [0, 0.1) is 5.92 Å². The van der Waals surface area contributed by atoms with Crippen LogP contribution in [0.5, 0.6) is 0 Å². The van der Waals surface area contributed by atoms with E-state index in [0.717, 1.165) is 31.3 Å². The van der Waals surface area contributed by atoms with Crippen molar-refractivity contribution in [2.45, 2.75) is 108 Å². The Balaban J connectivity index is 1.44. The maximum Gasteiger partial charge on any atom is 0.330 e. The first-order chi connectivity index (χ1) is 17.8. The SMILES string of the molecule is C=C1C[C@H](C)C[C@@H]2CC=C[C@@H](C/C=C\C(=O)O[C@H]([C@@H](O)/C=C/[C@@H]3CC(C)=CCO3)CC3O[C@H]3[C@@H](O)C1)O2. The molecule has 7 heteroatoms. The summed E-state index contributed by atoms with van der Waals surface area (Å²) in [5, 5.41) is 21.7. The molecular weight excluding hydrogens is 472 g/mol. The van der Waals surface area contributed by atoms with E-state index in [1.165, 1.54) is 11.6 Å². The summed E-state index contributed by atoms with van der Waals surface area (Å²) >= 11 is 0. The van der Waals surface area contributed by atoms with E-state index >= 15 is 0 Å². The molecule has 0 saturated carbocycles. The van der Waals surface area contributed by atoms with E-state index in [9.17, 15) is 15.0 Å². The Kier molecular flexibility index (Phi) is 9.96. The second-order valence-electron chi connectivity index (χ2n) is 11.0. The summed E-state index contributed by atoms with van der Waals surface area (Å²) in [6.45, 7) is 8.98. The van der Waals surface area contributed by atoms with E-state index in [0.29, 0.717) is 25.4 Å². The summed E-state index contributed by atoms with van der Waals surface area (Å²) in [7, 11) is 0. The molecule has 0 amide bonds. The molecule has 4 aliphatic rings. The van der Waals surface area contributed by atoms with Crippen LogP contribution in [0.15, 0.2) is 60.3 Å². The van der Waals surface area contributed by atoms with Crippen molar-refractivity contribution in [3.63, 3.8) is 0 Å². The molecule has 7 nitrogen and oxygen atoms in total. The van der Waals surface area contributed by atoms with Crippen molar-refractivity contribution in [2.24, 2.45) is 5.92 Å². The molecule has 1 fully saturated rings. The minimum Gasteiger partial charge on any atom is -0.456 e. The number of carbonyl (C=O) groups is 1. The van der Waals surface area contributed by atoms with Crippen molar-refractivity contribution in [2.75, 3.05) is 6.61 Å². The molecule has 0 aromatic heterocycles. The van der Waals surface area contributed by atoms with Crippen LogP contribution in [-0.2, 0) is 23.7 Å². The fourth-order valence-corrected chi connectivity index (χ4v) is 5.45. The predicted molar refractivity (Wildman–Crippen MR) is 141 cm³/mol. The van der Waals surface area contributed by atoms with Crippen LogP contribution >= 0.6 is 0 Å². The molecule has 204 valence electrons. The van der Waals surface area contributed by atoms with Crippen LogP contribution in [0.25, 0.3) is 0 Å². The molecule has 2 N–H and O–H groups in total. The van der Waals surface area contributed by atoms with Gasteiger partial charge in [0.1, 0.15) is 18.3 Å². The van der Waals surface area contributed by atoms with Crippen molar-refractivity contribution in [1.82, 2.24) is 0 Å². The minimum absolute atomic E-state index is 0.0863. The van der Waals surface area contributed by atoms with Gasteiger partial charge in [-0.1, -0.05) is 61.1 Å². The van der Waals surface area contributed by atoms with Crippen molar-refractivity contribution in [1.29, 1.82) is 0 Å². The first-order valence-corrected chi connectivity index (χ1v) is 13.6. The smallest absolute Gasteiger partial charge is 0.330 e. The zero-order chi connectivity index (χ0) is 26.4. The van der Waals surface area contributed by atoms with E-state index in [4.69, 9.17) is 18.9 Å². The number of epoxide rings is 1. The standard InChI is InChI=1S/C30H42O7/c1-19-12-13-34-23(15-19)10-11-25(31)27-18-28-30(37-28)26(32)17-21(3)14-20(2)16-24-8-4-6-22(35-24)7-5-9-29(33)36-27/h4-6,9-12,20,22-28,30-32H,3,7-8,13-18H2,1-2H3/b9-5-,11-10+/t20-,22-,23+,24-,25-,26-,27-,28?,30-/m0/s1. The van der Waals surface area contributed by atoms with E-state index < -0.39 is 24.3 Å². The lowest BCUT2D eigenvalue weighted by molar-refractivity contribution is -0.148. The van der Waals surface area contributed by atoms with Gasteiger partial charge >= 0.3 is 5.97 Å². The lowest BCUT2D eigenvalue weighted by Gasteiger charge is -2.28. The van der Waals surface area contributed by atoms with Gasteiger partial charge in [0.25, 0.3) is 0 Å². The Labute approximate surface area is 220 Å². The monoisotopic (exact) mass is 514 g/mol. The topological polar surface area (TPSA) is 97.8 Å². The summed E-state index contributed by atoms with van der Waals surface area (Å²) in [5.74, 6) is -0.141. The molecular formula is C30H42O7. The number of rotatable bonds is 3. The third kappa shape index (κ3) is 8.76. The molecule has 9 atom stereocenters. The van der Waals surface area contributed by atoms with Crippen LogP contribution < -0.4 is 0 Å². The molecule has 2 bridgehead atoms. The average molecular weight is 515 g/mol. The molecule has 0 aromatic carbocycles. The first-order valence-electron chi connectivity index (χ1n) is 13.6. The largest absolute Gasteiger partial charge is 0.456 e. The minimum atomic E-state index is -1.03. The highest BCUT2D eigenvalue weighted by Crippen LogP contribution is 2.35. The van der Waals surface area contributed by atoms with Crippen molar-refractivity contribution < 1.29 is 34.0 Å². The van der Waals surface area contributed by atoms with Crippen LogP contribution in [-0.4, -0.2) is 71.6 Å². The number of carbonyl (C=O) groups excluding carboxylic acids is 1. The molecule has 0 aromatic rings. The molecule has 37 heavy (non-hydrogen) atoms. The third-order valence-corrected chi connectivity index (χ3v) is 7.44. The second kappa shape index (κ2) is 13.2. The highest BCUT2D eigenvalue weighted by molar-refractivity contribution is 5.82. The van der Waals surface area contributed by atoms with E-state index in [2.05, 4.69) is 26.5 Å². The summed E-state index contributed by atoms with van der Waals surface area (Å²) in [4.78, 5) is 12.6. The Morgan fingerprint density at radius 3 is 2.78 bits per heavy atom. The Bertz CT molecular complexity index is 919. The number of hydrogen-bond acceptors (Lipinski definition) is 7. The summed E-state index contributed by atoms with van der Waals surface area (Å²) in [6, 6.07) is 0. The van der Waals surface area contributed by atoms with E-state index in [1.807, 2.05) is 18.2 Å². The van der Waals surface area contributed by atoms with Gasteiger partial charge in [0.15, 0.2) is 0 Å². The molecule has 4 rings (SSSR count). The lowest BCUT2D eigenvalue weighted by Crippen LogP contribution is -2.32. The van der Waals surface area contributed by atoms with Crippen LogP contribution in [0.3, 0.4) is 0 Å². The quantitative estimate of drug-likeness (QED) is 0.332. The lowest BCUT2D eigenvalue weighted by atomic mass is 9.91. The maximum absolute atomic E-state index is 12.6. The van der Waals surface area contributed by atoms with Gasteiger partial charge in [-0.2, -0.15) is 0 Å². The van der Waals surface area contributed by atoms with Gasteiger partial charge in [-0.05, 0) is 51.4 Å². The molecule has 0 radical (unpaired) electrons. The molecule has 0 spiro atoms. The molecule has 4 heterocycles. The summed E-state index contributed by atoms with van der Waals surface area (Å²) in [6.07, 6.45) is 14.3. The number of ether oxygens (including phenoxy) is 4. The number of fused-ring (bicyclic) bond motifs is 3. The van der Waals surface area contributed by atoms with Gasteiger partial charge in [-0.25, -0.2) is 4.79 Å². The fourth-order valence-electron chi connectivity index (χ4n) is 5.45. The maximum atomic E-state index is 12.6. The molecule has 0 aliphatic carbocycles. The summed E-state index contributed by atoms with van der Waals surface area (Å²) < 4.78 is 23.4. The van der Waals surface area contributed by atoms with Gasteiger partial charge in [-0.3, -0.25) is 0 Å². The van der Waals surface area contributed by atoms with Gasteiger partial charge in [0.2, 0.25) is 0 Å². The third-order valence-electron chi connectivity index (χ3n) is 7.44. The van der Waals surface area contributed by atoms with Crippen LogP contribution in [0.4, 0.5) is 0 Å². The number of esters is 1. The average Bonchev–Trinajstić information content (AvgIpc) is 3.61. The van der Waals surface area contributed by atoms with Crippen molar-refractivity contribution in [3.05, 3.63) is 60.3 Å². The van der Waals surface area contributed by atoms with E-state index in [-0.39, 0.29) is 36.9 Å². The highest BCUT2D eigenvalue weighted by atomic mass is 16.6. The Hall–Kier alpha value is -2.03. The Morgan fingerprint density at radius 2 is 1.97 bits per heavy atom. The zero-order valence-corrected chi connectivity index (χ0v) is 22.0. The second-order valence-corrected chi connectivity index (χ2v) is 11.0. The van der Waals surface area contributed by atoms with Gasteiger partial charge in [-0.15, -0.1) is 0 Å². The summed E-state index contributed by atoms with van der Waals surface area (Å²) in [5.41, 5.74) is 2.23. The van der Waals surface area contributed by atoms with Crippen molar-refractivity contribution in [3.8, 4) is 0 Å². The zero-order valence-electron chi connectivity index (χ0n) is 22.0. The van der Waals surface area contributed by atoms with Crippen molar-refractivity contribution >= 4 is 5.97 Å². The number of aliphatic hydroxyl groups excluding tert-OH is 2. The van der Waals surface area contributed by atoms with Gasteiger partial charge < -0.3 is 29.2 Å². The van der Waals surface area contributed by atoms with E-state index in [1.54, 1.807) is 12.2 Å². The highest BCUT2D eigenvalue weighted by Gasteiger charge is 2.46. The van der Waals surface area contributed by atoms with Crippen LogP contribution in [0.1, 0.15) is 58.8 Å².